The van der Waals surface area contributed by atoms with E-state index in [2.05, 4.69) is 0 Å². The summed E-state index contributed by atoms with van der Waals surface area (Å²) in [6, 6.07) is 4.74. The molecule has 0 saturated carbocycles. The molecule has 0 amide bonds. The minimum Gasteiger partial charge on any atom is -0.330 e. The molecule has 16 heavy (non-hydrogen) atoms. The lowest BCUT2D eigenvalue weighted by molar-refractivity contribution is -0.137. The van der Waals surface area contributed by atoms with Gasteiger partial charge in [0.2, 0.25) is 0 Å². The number of Topliss-reactive ketones (excluding diaryl/α,β-unsaturated/α-hetero) is 1. The van der Waals surface area contributed by atoms with Crippen molar-refractivity contribution in [1.29, 1.82) is 0 Å². The van der Waals surface area contributed by atoms with E-state index in [1.807, 2.05) is 0 Å². The Morgan fingerprint density at radius 2 is 1.94 bits per heavy atom. The van der Waals surface area contributed by atoms with E-state index in [-0.39, 0.29) is 12.1 Å². The highest BCUT2D eigenvalue weighted by atomic mass is 19.4. The lowest BCUT2D eigenvalue weighted by Crippen LogP contribution is -2.23. The van der Waals surface area contributed by atoms with Crippen LogP contribution < -0.4 is 5.73 Å². The molecule has 2 N–H and O–H groups in total. The van der Waals surface area contributed by atoms with Gasteiger partial charge in [0.05, 0.1) is 5.56 Å². The summed E-state index contributed by atoms with van der Waals surface area (Å²) in [6.45, 7) is 1.54. The first-order valence-corrected chi connectivity index (χ1v) is 4.78. The minimum atomic E-state index is -4.51. The molecule has 0 aliphatic carbocycles. The number of rotatable bonds is 3. The largest absolute Gasteiger partial charge is 0.417 e. The van der Waals surface area contributed by atoms with Crippen LogP contribution in [0.3, 0.4) is 0 Å². The van der Waals surface area contributed by atoms with Crippen molar-refractivity contribution in [2.75, 3.05) is 6.54 Å². The Morgan fingerprint density at radius 1 is 1.38 bits per heavy atom. The first kappa shape index (κ1) is 12.7. The van der Waals surface area contributed by atoms with Gasteiger partial charge in [0, 0.05) is 18.0 Å². The molecule has 1 atom stereocenters. The Bertz CT molecular complexity index is 387. The summed E-state index contributed by atoms with van der Waals surface area (Å²) in [6.07, 6.45) is -4.51. The van der Waals surface area contributed by atoms with Crippen LogP contribution >= 0.6 is 0 Å². The molecule has 1 rings (SSSR count). The number of ketones is 1. The van der Waals surface area contributed by atoms with E-state index in [0.717, 1.165) is 6.07 Å². The van der Waals surface area contributed by atoms with Crippen molar-refractivity contribution in [1.82, 2.24) is 0 Å². The highest BCUT2D eigenvalue weighted by molar-refractivity contribution is 5.99. The zero-order valence-corrected chi connectivity index (χ0v) is 8.71. The van der Waals surface area contributed by atoms with Crippen LogP contribution in [0, 0.1) is 5.92 Å². The lowest BCUT2D eigenvalue weighted by atomic mass is 9.95. The number of hydrogen-bond acceptors (Lipinski definition) is 2. The monoisotopic (exact) mass is 231 g/mol. The van der Waals surface area contributed by atoms with Crippen LogP contribution in [-0.4, -0.2) is 12.3 Å². The molecule has 0 radical (unpaired) electrons. The number of hydrogen-bond donors (Lipinski definition) is 1. The lowest BCUT2D eigenvalue weighted by Gasteiger charge is -2.14. The fourth-order valence-electron chi connectivity index (χ4n) is 1.32. The Kier molecular flexibility index (Phi) is 3.70. The first-order valence-electron chi connectivity index (χ1n) is 4.78. The molecule has 5 heteroatoms. The van der Waals surface area contributed by atoms with Gasteiger partial charge in [-0.05, 0) is 6.07 Å². The molecule has 0 fully saturated rings. The highest BCUT2D eigenvalue weighted by Crippen LogP contribution is 2.32. The smallest absolute Gasteiger partial charge is 0.330 e. The average Bonchev–Trinajstić information content (AvgIpc) is 2.26. The molecular weight excluding hydrogens is 219 g/mol. The van der Waals surface area contributed by atoms with Gasteiger partial charge in [-0.15, -0.1) is 0 Å². The molecule has 88 valence electrons. The molecule has 0 aromatic heterocycles. The van der Waals surface area contributed by atoms with Gasteiger partial charge in [-0.3, -0.25) is 4.79 Å². The second-order valence-electron chi connectivity index (χ2n) is 3.54. The van der Waals surface area contributed by atoms with E-state index in [1.165, 1.54) is 25.1 Å². The van der Waals surface area contributed by atoms with Gasteiger partial charge in [-0.2, -0.15) is 13.2 Å². The Balaban J connectivity index is 3.19. The Hall–Kier alpha value is -1.36. The number of benzene rings is 1. The fourth-order valence-corrected chi connectivity index (χ4v) is 1.32. The number of halogens is 3. The number of alkyl halides is 3. The van der Waals surface area contributed by atoms with Crippen molar-refractivity contribution in [2.45, 2.75) is 13.1 Å². The summed E-state index contributed by atoms with van der Waals surface area (Å²) < 4.78 is 37.8. The van der Waals surface area contributed by atoms with Crippen LogP contribution in [0.4, 0.5) is 13.2 Å². The summed E-state index contributed by atoms with van der Waals surface area (Å²) >= 11 is 0. The van der Waals surface area contributed by atoms with Gasteiger partial charge in [-0.25, -0.2) is 0 Å². The Morgan fingerprint density at radius 3 is 2.44 bits per heavy atom. The number of carbonyl (C=O) groups is 1. The quantitative estimate of drug-likeness (QED) is 0.812. The predicted octanol–water partition coefficient (Wildman–Crippen LogP) is 2.48. The summed E-state index contributed by atoms with van der Waals surface area (Å²) in [5, 5.41) is 0. The molecule has 1 aromatic carbocycles. The molecular formula is C11H12F3NO. The molecule has 0 aliphatic rings. The van der Waals surface area contributed by atoms with Crippen LogP contribution in [0.5, 0.6) is 0 Å². The third-order valence-electron chi connectivity index (χ3n) is 2.30. The maximum absolute atomic E-state index is 12.6. The number of nitrogens with two attached hydrogens (primary N) is 1. The van der Waals surface area contributed by atoms with Gasteiger partial charge >= 0.3 is 6.18 Å². The maximum atomic E-state index is 12.6. The molecule has 0 heterocycles. The fraction of sp³-hybridized carbons (Fsp3) is 0.364. The molecule has 1 unspecified atom stereocenters. The van der Waals surface area contributed by atoms with Crippen molar-refractivity contribution in [3.63, 3.8) is 0 Å². The SMILES string of the molecule is CC(CN)C(=O)c1ccccc1C(F)(F)F. The molecule has 2 nitrogen and oxygen atoms in total. The molecule has 0 bridgehead atoms. The number of carbonyl (C=O) groups excluding carboxylic acids is 1. The second kappa shape index (κ2) is 4.65. The van der Waals surface area contributed by atoms with Crippen LogP contribution in [0.1, 0.15) is 22.8 Å². The molecule has 0 spiro atoms. The average molecular weight is 231 g/mol. The van der Waals surface area contributed by atoms with Gasteiger partial charge in [0.1, 0.15) is 0 Å². The van der Waals surface area contributed by atoms with Gasteiger partial charge in [-0.1, -0.05) is 25.1 Å². The molecule has 0 aliphatic heterocycles. The van der Waals surface area contributed by atoms with E-state index in [1.54, 1.807) is 0 Å². The predicted molar refractivity (Wildman–Crippen MR) is 54.0 cm³/mol. The third kappa shape index (κ3) is 2.61. The maximum Gasteiger partial charge on any atom is 0.417 e. The third-order valence-corrected chi connectivity index (χ3v) is 2.30. The van der Waals surface area contributed by atoms with E-state index in [0.29, 0.717) is 0 Å². The van der Waals surface area contributed by atoms with E-state index in [9.17, 15) is 18.0 Å². The van der Waals surface area contributed by atoms with Gasteiger partial charge < -0.3 is 5.73 Å². The topological polar surface area (TPSA) is 43.1 Å². The molecule has 0 saturated heterocycles. The van der Waals surface area contributed by atoms with E-state index < -0.39 is 23.4 Å². The normalized spacial score (nSPS) is 13.6. The zero-order valence-electron chi connectivity index (χ0n) is 8.71. The van der Waals surface area contributed by atoms with Crippen molar-refractivity contribution >= 4 is 5.78 Å². The first-order chi connectivity index (χ1) is 7.38. The summed E-state index contributed by atoms with van der Waals surface area (Å²) in [4.78, 5) is 11.7. The van der Waals surface area contributed by atoms with Crippen molar-refractivity contribution < 1.29 is 18.0 Å². The van der Waals surface area contributed by atoms with Crippen LogP contribution in [-0.2, 0) is 6.18 Å². The van der Waals surface area contributed by atoms with Crippen LogP contribution in [0.15, 0.2) is 24.3 Å². The highest BCUT2D eigenvalue weighted by Gasteiger charge is 2.35. The standard InChI is InChI=1S/C11H12F3NO/c1-7(6-15)10(16)8-4-2-3-5-9(8)11(12,13)14/h2-5,7H,6,15H2,1H3. The van der Waals surface area contributed by atoms with Crippen LogP contribution in [0.25, 0.3) is 0 Å². The minimum absolute atomic E-state index is 0.0328. The van der Waals surface area contributed by atoms with E-state index in [4.69, 9.17) is 5.73 Å². The van der Waals surface area contributed by atoms with E-state index >= 15 is 0 Å². The summed E-state index contributed by atoms with van der Waals surface area (Å²) in [5.41, 5.74) is 4.05. The summed E-state index contributed by atoms with van der Waals surface area (Å²) in [7, 11) is 0. The van der Waals surface area contributed by atoms with Crippen molar-refractivity contribution in [3.8, 4) is 0 Å². The van der Waals surface area contributed by atoms with Crippen LogP contribution in [0.2, 0.25) is 0 Å². The van der Waals surface area contributed by atoms with Crippen molar-refractivity contribution in [3.05, 3.63) is 35.4 Å². The Labute approximate surface area is 91.3 Å². The van der Waals surface area contributed by atoms with Gasteiger partial charge in [0.25, 0.3) is 0 Å². The van der Waals surface area contributed by atoms with Crippen molar-refractivity contribution in [2.24, 2.45) is 11.7 Å². The molecule has 1 aromatic rings. The summed E-state index contributed by atoms with van der Waals surface area (Å²) in [5.74, 6) is -1.18. The van der Waals surface area contributed by atoms with Gasteiger partial charge in [0.15, 0.2) is 5.78 Å². The zero-order chi connectivity index (χ0) is 12.3. The second-order valence-corrected chi connectivity index (χ2v) is 3.54.